The Kier molecular flexibility index (Phi) is 4.97. The van der Waals surface area contributed by atoms with E-state index in [2.05, 4.69) is 20.8 Å². The van der Waals surface area contributed by atoms with E-state index in [0.29, 0.717) is 54.0 Å². The Hall–Kier alpha value is -1.14. The van der Waals surface area contributed by atoms with Crippen LogP contribution in [0.4, 0.5) is 0 Å². The quantitative estimate of drug-likeness (QED) is 0.465. The fraction of sp³-hybridized carbons (Fsp3) is 0.917. The summed E-state index contributed by atoms with van der Waals surface area (Å²) in [5.41, 5.74) is -0.403. The van der Waals surface area contributed by atoms with Gasteiger partial charge in [-0.15, -0.1) is 0 Å². The van der Waals surface area contributed by atoms with Gasteiger partial charge in [0.05, 0.1) is 49.5 Å². The van der Waals surface area contributed by atoms with E-state index in [1.54, 1.807) is 0 Å². The molecule has 0 spiro atoms. The molecule has 0 radical (unpaired) electrons. The van der Waals surface area contributed by atoms with Crippen molar-refractivity contribution < 1.29 is 28.5 Å². The van der Waals surface area contributed by atoms with E-state index in [-0.39, 0.29) is 37.0 Å². The molecule has 0 aromatic rings. The van der Waals surface area contributed by atoms with Crippen molar-refractivity contribution in [3.8, 4) is 0 Å². The minimum absolute atomic E-state index is 0.0413. The first-order valence-corrected chi connectivity index (χ1v) is 11.8. The van der Waals surface area contributed by atoms with Crippen LogP contribution in [0.15, 0.2) is 0 Å². The monoisotopic (exact) mass is 420 g/mol. The van der Waals surface area contributed by atoms with E-state index in [1.807, 2.05) is 13.8 Å². The first-order valence-electron chi connectivity index (χ1n) is 11.8. The molecule has 2 aliphatic heterocycles. The van der Waals surface area contributed by atoms with Crippen LogP contribution in [-0.4, -0.2) is 49.6 Å². The van der Waals surface area contributed by atoms with Gasteiger partial charge in [0.1, 0.15) is 0 Å². The van der Waals surface area contributed by atoms with Gasteiger partial charge < -0.3 is 18.9 Å². The molecule has 168 valence electrons. The summed E-state index contributed by atoms with van der Waals surface area (Å²) in [5, 5.41) is 0. The van der Waals surface area contributed by atoms with Crippen LogP contribution in [0.3, 0.4) is 0 Å². The lowest BCUT2D eigenvalue weighted by atomic mass is 9.80. The summed E-state index contributed by atoms with van der Waals surface area (Å²) in [6.07, 6.45) is 4.34. The van der Waals surface area contributed by atoms with Gasteiger partial charge in [-0.1, -0.05) is 27.7 Å². The van der Waals surface area contributed by atoms with Crippen LogP contribution in [0.2, 0.25) is 0 Å². The maximum atomic E-state index is 12.8. The van der Waals surface area contributed by atoms with Gasteiger partial charge in [-0.05, 0) is 49.9 Å². The molecule has 0 aromatic heterocycles. The third kappa shape index (κ3) is 3.48. The predicted molar refractivity (Wildman–Crippen MR) is 108 cm³/mol. The number of epoxide rings is 2. The Bertz CT molecular complexity index is 718. The van der Waals surface area contributed by atoms with Crippen molar-refractivity contribution in [1.82, 2.24) is 0 Å². The molecule has 6 nitrogen and oxygen atoms in total. The van der Waals surface area contributed by atoms with Crippen molar-refractivity contribution >= 4 is 11.9 Å². The second-order valence-corrected chi connectivity index (χ2v) is 11.4. The minimum Gasteiger partial charge on any atom is -0.465 e. The zero-order valence-corrected chi connectivity index (χ0v) is 18.8. The third-order valence-electron chi connectivity index (χ3n) is 8.74. The van der Waals surface area contributed by atoms with E-state index >= 15 is 0 Å². The van der Waals surface area contributed by atoms with Crippen molar-refractivity contribution in [2.24, 2.45) is 46.8 Å². The van der Waals surface area contributed by atoms with Crippen LogP contribution in [0.5, 0.6) is 0 Å². The lowest BCUT2D eigenvalue weighted by molar-refractivity contribution is -0.160. The molecule has 30 heavy (non-hydrogen) atoms. The van der Waals surface area contributed by atoms with Crippen LogP contribution in [0.25, 0.3) is 0 Å². The van der Waals surface area contributed by atoms with Crippen molar-refractivity contribution in [2.45, 2.75) is 78.3 Å². The Morgan fingerprint density at radius 2 is 1.47 bits per heavy atom. The fourth-order valence-electron chi connectivity index (χ4n) is 6.74. The van der Waals surface area contributed by atoms with Crippen LogP contribution >= 0.6 is 0 Å². The lowest BCUT2D eigenvalue weighted by Crippen LogP contribution is -2.36. The van der Waals surface area contributed by atoms with E-state index in [9.17, 15) is 9.59 Å². The third-order valence-corrected chi connectivity index (χ3v) is 8.74. The summed E-state index contributed by atoms with van der Waals surface area (Å²) in [4.78, 5) is 25.5. The average molecular weight is 421 g/mol. The number of hydrogen-bond donors (Lipinski definition) is 0. The lowest BCUT2D eigenvalue weighted by Gasteiger charge is -2.28. The fourth-order valence-corrected chi connectivity index (χ4v) is 6.74. The summed E-state index contributed by atoms with van der Waals surface area (Å²) in [6.45, 7) is 10.9. The minimum atomic E-state index is -0.403. The first kappa shape index (κ1) is 20.7. The Balaban J connectivity index is 1.08. The zero-order chi connectivity index (χ0) is 21.4. The van der Waals surface area contributed by atoms with Crippen LogP contribution in [0.1, 0.15) is 53.9 Å². The molecule has 2 bridgehead atoms. The average Bonchev–Trinajstić information content (AvgIpc) is 3.53. The van der Waals surface area contributed by atoms with Crippen LogP contribution in [0, 0.1) is 46.8 Å². The van der Waals surface area contributed by atoms with Gasteiger partial charge in [-0.2, -0.15) is 0 Å². The Morgan fingerprint density at radius 1 is 0.833 bits per heavy atom. The second-order valence-electron chi connectivity index (χ2n) is 11.4. The van der Waals surface area contributed by atoms with Gasteiger partial charge in [0.25, 0.3) is 0 Å². The zero-order valence-electron chi connectivity index (χ0n) is 18.8. The number of carbonyl (C=O) groups is 2. The van der Waals surface area contributed by atoms with Crippen molar-refractivity contribution in [3.63, 3.8) is 0 Å². The van der Waals surface area contributed by atoms with E-state index in [4.69, 9.17) is 18.9 Å². The molecule has 0 amide bonds. The summed E-state index contributed by atoms with van der Waals surface area (Å²) in [6, 6.07) is 0. The van der Waals surface area contributed by atoms with Crippen LogP contribution < -0.4 is 0 Å². The van der Waals surface area contributed by atoms with Gasteiger partial charge >= 0.3 is 11.9 Å². The topological polar surface area (TPSA) is 77.7 Å². The molecule has 2 saturated heterocycles. The van der Waals surface area contributed by atoms with Gasteiger partial charge in [0, 0.05) is 11.3 Å². The van der Waals surface area contributed by atoms with Gasteiger partial charge in [-0.3, -0.25) is 9.59 Å². The number of carbonyl (C=O) groups excluding carboxylic acids is 2. The molecule has 5 fully saturated rings. The maximum Gasteiger partial charge on any atom is 0.309 e. The summed E-state index contributed by atoms with van der Waals surface area (Å²) in [5.74, 6) is 1.64. The molecule has 6 heteroatoms. The summed E-state index contributed by atoms with van der Waals surface area (Å²) >= 11 is 0. The highest BCUT2D eigenvalue weighted by atomic mass is 16.6. The summed E-state index contributed by atoms with van der Waals surface area (Å²) in [7, 11) is 0. The first-order chi connectivity index (χ1) is 14.2. The molecular formula is C24H36O6. The molecular weight excluding hydrogens is 384 g/mol. The number of ether oxygens (including phenoxy) is 4. The smallest absolute Gasteiger partial charge is 0.309 e. The number of fused-ring (bicyclic) bond motifs is 5. The SMILES string of the molecule is CC1OC1C1CCC(C(=O)OCC(C)(C)COC(=O)C2C(C)C3CC2C2OC32)C1C. The molecule has 3 saturated carbocycles. The predicted octanol–water partition coefficient (Wildman–Crippen LogP) is 3.22. The molecule has 2 heterocycles. The number of esters is 2. The van der Waals surface area contributed by atoms with Crippen molar-refractivity contribution in [1.29, 1.82) is 0 Å². The molecule has 3 aliphatic carbocycles. The molecule has 11 atom stereocenters. The normalized spacial score (nSPS) is 48.4. The highest BCUT2D eigenvalue weighted by molar-refractivity contribution is 5.74. The van der Waals surface area contributed by atoms with Crippen molar-refractivity contribution in [2.75, 3.05) is 13.2 Å². The van der Waals surface area contributed by atoms with E-state index in [0.717, 1.165) is 19.3 Å². The molecule has 0 N–H and O–H groups in total. The Labute approximate surface area is 179 Å². The Morgan fingerprint density at radius 3 is 2.10 bits per heavy atom. The number of rotatable bonds is 7. The second kappa shape index (κ2) is 7.19. The van der Waals surface area contributed by atoms with Gasteiger partial charge in [-0.25, -0.2) is 0 Å². The van der Waals surface area contributed by atoms with E-state index in [1.165, 1.54) is 0 Å². The summed E-state index contributed by atoms with van der Waals surface area (Å²) < 4.78 is 22.8. The standard InChI is InChI=1S/C24H36O6/c1-11-14(19-13(3)29-19)6-7-15(11)22(25)27-9-24(4,5)10-28-23(26)18-12(2)16-8-17(18)21-20(16)30-21/h11-21H,6-10H2,1-5H3. The molecule has 11 unspecified atom stereocenters. The number of hydrogen-bond acceptors (Lipinski definition) is 6. The molecule has 5 aliphatic rings. The highest BCUT2D eigenvalue weighted by Gasteiger charge is 2.68. The van der Waals surface area contributed by atoms with Crippen LogP contribution in [-0.2, 0) is 28.5 Å². The van der Waals surface area contributed by atoms with E-state index < -0.39 is 5.41 Å². The van der Waals surface area contributed by atoms with Crippen molar-refractivity contribution in [3.05, 3.63) is 0 Å². The largest absolute Gasteiger partial charge is 0.465 e. The van der Waals surface area contributed by atoms with Gasteiger partial charge in [0.2, 0.25) is 0 Å². The van der Waals surface area contributed by atoms with Gasteiger partial charge in [0.15, 0.2) is 0 Å². The molecule has 5 rings (SSSR count). The molecule has 0 aromatic carbocycles. The highest BCUT2D eigenvalue weighted by Crippen LogP contribution is 2.61. The maximum absolute atomic E-state index is 12.8.